The molecule has 3 aromatic rings. The lowest BCUT2D eigenvalue weighted by Gasteiger charge is -2.07. The maximum Gasteiger partial charge on any atom is 0.236 e. The maximum atomic E-state index is 5.91. The van der Waals surface area contributed by atoms with Crippen LogP contribution in [0.25, 0.3) is 10.8 Å². The molecule has 1 aromatic carbocycles. The van der Waals surface area contributed by atoms with Crippen LogP contribution in [0.2, 0.25) is 5.02 Å². The van der Waals surface area contributed by atoms with E-state index in [0.29, 0.717) is 17.5 Å². The number of hydrogen-bond acceptors (Lipinski definition) is 4. The van der Waals surface area contributed by atoms with E-state index < -0.39 is 0 Å². The Hall–Kier alpha value is -1.78. The molecule has 0 fully saturated rings. The molecule has 2 heterocycles. The van der Waals surface area contributed by atoms with E-state index in [1.807, 2.05) is 42.6 Å². The third kappa shape index (κ3) is 2.86. The van der Waals surface area contributed by atoms with Crippen LogP contribution in [0.1, 0.15) is 11.3 Å². The lowest BCUT2D eigenvalue weighted by atomic mass is 10.2. The second-order valence-corrected chi connectivity index (χ2v) is 5.70. The predicted octanol–water partition coefficient (Wildman–Crippen LogP) is 4.94. The fourth-order valence-corrected chi connectivity index (χ4v) is 2.70. The minimum Gasteiger partial charge on any atom is -0.487 e. The van der Waals surface area contributed by atoms with Crippen molar-refractivity contribution in [3.63, 3.8) is 0 Å². The normalized spacial score (nSPS) is 10.7. The number of halogens is 1. The van der Waals surface area contributed by atoms with Crippen molar-refractivity contribution in [1.29, 1.82) is 0 Å². The SMILES string of the molecule is Cc1cc(Cl)ccc1OCc1coc(-c2cccs2)n1. The monoisotopic (exact) mass is 305 g/mol. The number of hydrogen-bond donors (Lipinski definition) is 0. The molecule has 0 spiro atoms. The third-order valence-electron chi connectivity index (χ3n) is 2.80. The first-order valence-corrected chi connectivity index (χ1v) is 7.35. The molecule has 0 unspecified atom stereocenters. The van der Waals surface area contributed by atoms with Crippen LogP contribution < -0.4 is 4.74 Å². The summed E-state index contributed by atoms with van der Waals surface area (Å²) < 4.78 is 11.2. The zero-order valence-electron chi connectivity index (χ0n) is 10.8. The zero-order valence-corrected chi connectivity index (χ0v) is 12.4. The van der Waals surface area contributed by atoms with Gasteiger partial charge in [0.2, 0.25) is 5.89 Å². The Balaban J connectivity index is 1.70. The zero-order chi connectivity index (χ0) is 13.9. The predicted molar refractivity (Wildman–Crippen MR) is 80.3 cm³/mol. The van der Waals surface area contributed by atoms with E-state index in [-0.39, 0.29) is 0 Å². The Bertz CT molecular complexity index is 706. The molecule has 102 valence electrons. The summed E-state index contributed by atoms with van der Waals surface area (Å²) in [4.78, 5) is 5.42. The van der Waals surface area contributed by atoms with Gasteiger partial charge in [0.1, 0.15) is 24.3 Å². The van der Waals surface area contributed by atoms with Crippen molar-refractivity contribution in [2.24, 2.45) is 0 Å². The summed E-state index contributed by atoms with van der Waals surface area (Å²) in [5.74, 6) is 1.43. The van der Waals surface area contributed by atoms with E-state index in [4.69, 9.17) is 20.8 Å². The van der Waals surface area contributed by atoms with E-state index in [0.717, 1.165) is 21.9 Å². The van der Waals surface area contributed by atoms with Crippen molar-refractivity contribution in [3.05, 3.63) is 58.3 Å². The smallest absolute Gasteiger partial charge is 0.236 e. The van der Waals surface area contributed by atoms with Crippen LogP contribution in [-0.2, 0) is 6.61 Å². The van der Waals surface area contributed by atoms with E-state index in [9.17, 15) is 0 Å². The molecule has 0 aliphatic heterocycles. The van der Waals surface area contributed by atoms with Gasteiger partial charge in [-0.25, -0.2) is 4.98 Å². The second-order valence-electron chi connectivity index (χ2n) is 4.32. The average Bonchev–Trinajstić information content (AvgIpc) is 3.08. The number of aryl methyl sites for hydroxylation is 1. The van der Waals surface area contributed by atoms with Crippen molar-refractivity contribution in [3.8, 4) is 16.5 Å². The molecule has 0 aliphatic rings. The number of nitrogens with zero attached hydrogens (tertiary/aromatic N) is 1. The van der Waals surface area contributed by atoms with Gasteiger partial charge in [-0.15, -0.1) is 11.3 Å². The van der Waals surface area contributed by atoms with Crippen LogP contribution >= 0.6 is 22.9 Å². The molecule has 0 saturated carbocycles. The number of ether oxygens (including phenoxy) is 1. The van der Waals surface area contributed by atoms with E-state index in [1.165, 1.54) is 0 Å². The quantitative estimate of drug-likeness (QED) is 0.684. The van der Waals surface area contributed by atoms with Crippen molar-refractivity contribution in [2.45, 2.75) is 13.5 Å². The minimum absolute atomic E-state index is 0.372. The summed E-state index contributed by atoms with van der Waals surface area (Å²) in [7, 11) is 0. The highest BCUT2D eigenvalue weighted by Gasteiger charge is 2.08. The molecule has 3 nitrogen and oxygen atoms in total. The fraction of sp³-hybridized carbons (Fsp3) is 0.133. The number of oxazole rings is 1. The summed E-state index contributed by atoms with van der Waals surface area (Å²) >= 11 is 7.51. The average molecular weight is 306 g/mol. The van der Waals surface area contributed by atoms with Crippen molar-refractivity contribution >= 4 is 22.9 Å². The molecule has 2 aromatic heterocycles. The summed E-state index contributed by atoms with van der Waals surface area (Å²) in [5.41, 5.74) is 1.77. The Morgan fingerprint density at radius 1 is 1.35 bits per heavy atom. The van der Waals surface area contributed by atoms with Gasteiger partial charge in [-0.1, -0.05) is 17.7 Å². The highest BCUT2D eigenvalue weighted by molar-refractivity contribution is 7.13. The van der Waals surface area contributed by atoms with Crippen molar-refractivity contribution in [1.82, 2.24) is 4.98 Å². The molecule has 0 saturated heterocycles. The Morgan fingerprint density at radius 2 is 2.25 bits per heavy atom. The molecule has 0 N–H and O–H groups in total. The fourth-order valence-electron chi connectivity index (χ4n) is 1.81. The number of aromatic nitrogens is 1. The van der Waals surface area contributed by atoms with Gasteiger partial charge in [0.05, 0.1) is 4.88 Å². The molecule has 20 heavy (non-hydrogen) atoms. The first kappa shape index (κ1) is 13.2. The Kier molecular flexibility index (Phi) is 3.76. The van der Waals surface area contributed by atoms with Crippen LogP contribution in [0.4, 0.5) is 0 Å². The Labute approximate surface area is 125 Å². The lowest BCUT2D eigenvalue weighted by Crippen LogP contribution is -1.97. The molecule has 5 heteroatoms. The van der Waals surface area contributed by atoms with E-state index in [2.05, 4.69) is 4.98 Å². The molecular formula is C15H12ClNO2S. The highest BCUT2D eigenvalue weighted by atomic mass is 35.5. The molecule has 0 bridgehead atoms. The van der Waals surface area contributed by atoms with Gasteiger partial charge in [0, 0.05) is 5.02 Å². The Morgan fingerprint density at radius 3 is 3.00 bits per heavy atom. The summed E-state index contributed by atoms with van der Waals surface area (Å²) in [6.45, 7) is 2.33. The van der Waals surface area contributed by atoms with Gasteiger partial charge in [-0.2, -0.15) is 0 Å². The standard InChI is InChI=1S/C15H12ClNO2S/c1-10-7-11(16)4-5-13(10)18-8-12-9-19-15(17-12)14-3-2-6-20-14/h2-7,9H,8H2,1H3. The first-order chi connectivity index (χ1) is 9.72. The molecular weight excluding hydrogens is 294 g/mol. The summed E-state index contributed by atoms with van der Waals surface area (Å²) in [6, 6.07) is 9.49. The van der Waals surface area contributed by atoms with Crippen LogP contribution in [-0.4, -0.2) is 4.98 Å². The summed E-state index contributed by atoms with van der Waals surface area (Å²) in [5, 5.41) is 2.70. The van der Waals surface area contributed by atoms with Gasteiger partial charge >= 0.3 is 0 Å². The lowest BCUT2D eigenvalue weighted by molar-refractivity contribution is 0.299. The van der Waals surface area contributed by atoms with Crippen LogP contribution in [0, 0.1) is 6.92 Å². The van der Waals surface area contributed by atoms with Gasteiger partial charge in [-0.05, 0) is 42.1 Å². The van der Waals surface area contributed by atoms with Crippen LogP contribution in [0.5, 0.6) is 5.75 Å². The first-order valence-electron chi connectivity index (χ1n) is 6.09. The van der Waals surface area contributed by atoms with Crippen LogP contribution in [0.3, 0.4) is 0 Å². The summed E-state index contributed by atoms with van der Waals surface area (Å²) in [6.07, 6.45) is 1.63. The number of benzene rings is 1. The van der Waals surface area contributed by atoms with Crippen molar-refractivity contribution < 1.29 is 9.15 Å². The van der Waals surface area contributed by atoms with Gasteiger partial charge in [-0.3, -0.25) is 0 Å². The molecule has 0 aliphatic carbocycles. The number of rotatable bonds is 4. The number of thiophene rings is 1. The van der Waals surface area contributed by atoms with Gasteiger partial charge < -0.3 is 9.15 Å². The van der Waals surface area contributed by atoms with Gasteiger partial charge in [0.25, 0.3) is 0 Å². The highest BCUT2D eigenvalue weighted by Crippen LogP contribution is 2.25. The minimum atomic E-state index is 0.372. The molecule has 3 rings (SSSR count). The molecule has 0 amide bonds. The third-order valence-corrected chi connectivity index (χ3v) is 3.89. The molecule has 0 radical (unpaired) electrons. The van der Waals surface area contributed by atoms with E-state index >= 15 is 0 Å². The topological polar surface area (TPSA) is 35.3 Å². The van der Waals surface area contributed by atoms with Gasteiger partial charge in [0.15, 0.2) is 0 Å². The van der Waals surface area contributed by atoms with Crippen LogP contribution in [0.15, 0.2) is 46.4 Å². The maximum absolute atomic E-state index is 5.91. The second kappa shape index (κ2) is 5.69. The van der Waals surface area contributed by atoms with E-state index in [1.54, 1.807) is 17.6 Å². The molecule has 0 atom stereocenters. The van der Waals surface area contributed by atoms with Crippen molar-refractivity contribution in [2.75, 3.05) is 0 Å². The largest absolute Gasteiger partial charge is 0.487 e.